The molecule has 0 spiro atoms. The van der Waals surface area contributed by atoms with Gasteiger partial charge in [-0.2, -0.15) is 0 Å². The first-order chi connectivity index (χ1) is 9.03. The van der Waals surface area contributed by atoms with Crippen LogP contribution in [0, 0.1) is 12.7 Å². The highest BCUT2D eigenvalue weighted by molar-refractivity contribution is 5.31. The molecule has 0 amide bonds. The second-order valence-electron chi connectivity index (χ2n) is 5.44. The van der Waals surface area contributed by atoms with Gasteiger partial charge >= 0.3 is 0 Å². The predicted octanol–water partition coefficient (Wildman–Crippen LogP) is 3.59. The van der Waals surface area contributed by atoms with Gasteiger partial charge in [0.1, 0.15) is 5.82 Å². The Balaban J connectivity index is 2.29. The summed E-state index contributed by atoms with van der Waals surface area (Å²) in [4.78, 5) is 0. The van der Waals surface area contributed by atoms with E-state index in [0.717, 1.165) is 12.0 Å². The van der Waals surface area contributed by atoms with Crippen LogP contribution in [0.25, 0.3) is 0 Å². The molecule has 2 rings (SSSR count). The minimum Gasteiger partial charge on any atom is -0.330 e. The standard InChI is InChI=1S/C17H20FN/c1-13-4-3-5-14(10-13)11-17(2,12-19)15-6-8-16(18)9-7-15/h3-10H,11-12,19H2,1-2H3. The number of halogens is 1. The van der Waals surface area contributed by atoms with E-state index in [1.165, 1.54) is 23.3 Å². The molecule has 0 fully saturated rings. The van der Waals surface area contributed by atoms with Gasteiger partial charge in [0.15, 0.2) is 0 Å². The molecule has 1 atom stereocenters. The summed E-state index contributed by atoms with van der Waals surface area (Å²) in [6.07, 6.45) is 0.858. The zero-order chi connectivity index (χ0) is 13.9. The van der Waals surface area contributed by atoms with Gasteiger partial charge in [0.2, 0.25) is 0 Å². The molecule has 0 saturated heterocycles. The molecule has 0 aromatic heterocycles. The van der Waals surface area contributed by atoms with Gasteiger partial charge in [-0.15, -0.1) is 0 Å². The maximum atomic E-state index is 13.0. The lowest BCUT2D eigenvalue weighted by Gasteiger charge is -2.29. The van der Waals surface area contributed by atoms with E-state index in [1.54, 1.807) is 0 Å². The molecule has 0 aliphatic rings. The zero-order valence-corrected chi connectivity index (χ0v) is 11.5. The Labute approximate surface area is 114 Å². The molecular formula is C17H20FN. The summed E-state index contributed by atoms with van der Waals surface area (Å²) in [6, 6.07) is 15.1. The van der Waals surface area contributed by atoms with Crippen molar-refractivity contribution < 1.29 is 4.39 Å². The third-order valence-electron chi connectivity index (χ3n) is 3.67. The molecule has 1 nitrogen and oxygen atoms in total. The van der Waals surface area contributed by atoms with Gasteiger partial charge in [0.05, 0.1) is 0 Å². The Hall–Kier alpha value is -1.67. The van der Waals surface area contributed by atoms with Gasteiger partial charge in [-0.05, 0) is 36.6 Å². The van der Waals surface area contributed by atoms with Gasteiger partial charge in [-0.3, -0.25) is 0 Å². The van der Waals surface area contributed by atoms with E-state index in [1.807, 2.05) is 12.1 Å². The van der Waals surface area contributed by atoms with Crippen LogP contribution in [0.1, 0.15) is 23.6 Å². The van der Waals surface area contributed by atoms with Crippen molar-refractivity contribution in [3.05, 3.63) is 71.0 Å². The summed E-state index contributed by atoms with van der Waals surface area (Å²) >= 11 is 0. The average Bonchev–Trinajstić information content (AvgIpc) is 2.39. The third-order valence-corrected chi connectivity index (χ3v) is 3.67. The fourth-order valence-electron chi connectivity index (χ4n) is 2.42. The molecule has 19 heavy (non-hydrogen) atoms. The number of nitrogens with two attached hydrogens (primary N) is 1. The molecule has 0 aliphatic heterocycles. The highest BCUT2D eigenvalue weighted by Gasteiger charge is 2.25. The van der Waals surface area contributed by atoms with Crippen LogP contribution in [0.2, 0.25) is 0 Å². The van der Waals surface area contributed by atoms with E-state index in [2.05, 4.69) is 38.1 Å². The van der Waals surface area contributed by atoms with Crippen LogP contribution in [0.4, 0.5) is 4.39 Å². The Morgan fingerprint density at radius 2 is 1.79 bits per heavy atom. The SMILES string of the molecule is Cc1cccc(CC(C)(CN)c2ccc(F)cc2)c1. The number of hydrogen-bond donors (Lipinski definition) is 1. The number of benzene rings is 2. The Bertz CT molecular complexity index is 547. The topological polar surface area (TPSA) is 26.0 Å². The van der Waals surface area contributed by atoms with Crippen LogP contribution >= 0.6 is 0 Å². The van der Waals surface area contributed by atoms with Gasteiger partial charge in [0, 0.05) is 12.0 Å². The van der Waals surface area contributed by atoms with E-state index in [-0.39, 0.29) is 11.2 Å². The largest absolute Gasteiger partial charge is 0.330 e. The predicted molar refractivity (Wildman–Crippen MR) is 77.7 cm³/mol. The van der Waals surface area contributed by atoms with Crippen molar-refractivity contribution in [1.82, 2.24) is 0 Å². The van der Waals surface area contributed by atoms with Gasteiger partial charge < -0.3 is 5.73 Å². The van der Waals surface area contributed by atoms with Crippen molar-refractivity contribution in [2.24, 2.45) is 5.73 Å². The lowest BCUT2D eigenvalue weighted by Crippen LogP contribution is -2.34. The van der Waals surface area contributed by atoms with E-state index in [9.17, 15) is 4.39 Å². The summed E-state index contributed by atoms with van der Waals surface area (Å²) in [7, 11) is 0. The number of aryl methyl sites for hydroxylation is 1. The number of hydrogen-bond acceptors (Lipinski definition) is 1. The van der Waals surface area contributed by atoms with Crippen molar-refractivity contribution in [1.29, 1.82) is 0 Å². The summed E-state index contributed by atoms with van der Waals surface area (Å²) < 4.78 is 13.0. The minimum atomic E-state index is -0.210. The molecule has 100 valence electrons. The smallest absolute Gasteiger partial charge is 0.123 e. The van der Waals surface area contributed by atoms with E-state index in [4.69, 9.17) is 5.73 Å². The maximum Gasteiger partial charge on any atom is 0.123 e. The Morgan fingerprint density at radius 3 is 2.37 bits per heavy atom. The number of rotatable bonds is 4. The first-order valence-corrected chi connectivity index (χ1v) is 6.55. The molecule has 0 radical (unpaired) electrons. The molecule has 2 aromatic rings. The van der Waals surface area contributed by atoms with Crippen molar-refractivity contribution in [3.8, 4) is 0 Å². The summed E-state index contributed by atoms with van der Waals surface area (Å²) in [5.74, 6) is -0.210. The van der Waals surface area contributed by atoms with Crippen LogP contribution in [-0.2, 0) is 11.8 Å². The molecule has 0 saturated carbocycles. The van der Waals surface area contributed by atoms with Crippen LogP contribution in [0.15, 0.2) is 48.5 Å². The fourth-order valence-corrected chi connectivity index (χ4v) is 2.42. The Kier molecular flexibility index (Phi) is 4.01. The monoisotopic (exact) mass is 257 g/mol. The van der Waals surface area contributed by atoms with Gasteiger partial charge in [0.25, 0.3) is 0 Å². The lowest BCUT2D eigenvalue weighted by atomic mass is 9.77. The fraction of sp³-hybridized carbons (Fsp3) is 0.294. The van der Waals surface area contributed by atoms with E-state index in [0.29, 0.717) is 6.54 Å². The molecule has 1 unspecified atom stereocenters. The third kappa shape index (κ3) is 3.21. The summed E-state index contributed by atoms with van der Waals surface area (Å²) in [5, 5.41) is 0. The molecule has 0 aliphatic carbocycles. The van der Waals surface area contributed by atoms with Gasteiger partial charge in [-0.1, -0.05) is 48.9 Å². The highest BCUT2D eigenvalue weighted by Crippen LogP contribution is 2.27. The molecule has 2 aromatic carbocycles. The van der Waals surface area contributed by atoms with E-state index >= 15 is 0 Å². The zero-order valence-electron chi connectivity index (χ0n) is 11.5. The normalized spacial score (nSPS) is 14.1. The molecule has 0 heterocycles. The van der Waals surface area contributed by atoms with E-state index < -0.39 is 0 Å². The molecule has 2 N–H and O–H groups in total. The van der Waals surface area contributed by atoms with Crippen LogP contribution in [-0.4, -0.2) is 6.54 Å². The summed E-state index contributed by atoms with van der Waals surface area (Å²) in [5.41, 5.74) is 9.39. The molecular weight excluding hydrogens is 237 g/mol. The van der Waals surface area contributed by atoms with Crippen LogP contribution in [0.5, 0.6) is 0 Å². The highest BCUT2D eigenvalue weighted by atomic mass is 19.1. The van der Waals surface area contributed by atoms with Gasteiger partial charge in [-0.25, -0.2) is 4.39 Å². The first kappa shape index (κ1) is 13.8. The maximum absolute atomic E-state index is 13.0. The van der Waals surface area contributed by atoms with Crippen molar-refractivity contribution in [2.45, 2.75) is 25.7 Å². The van der Waals surface area contributed by atoms with Crippen molar-refractivity contribution >= 4 is 0 Å². The molecule has 2 heteroatoms. The second-order valence-corrected chi connectivity index (χ2v) is 5.44. The Morgan fingerprint density at radius 1 is 1.11 bits per heavy atom. The minimum absolute atomic E-state index is 0.165. The van der Waals surface area contributed by atoms with Crippen LogP contribution in [0.3, 0.4) is 0 Å². The quantitative estimate of drug-likeness (QED) is 0.890. The molecule has 0 bridgehead atoms. The van der Waals surface area contributed by atoms with Crippen LogP contribution < -0.4 is 5.73 Å². The van der Waals surface area contributed by atoms with Crippen molar-refractivity contribution in [2.75, 3.05) is 6.54 Å². The summed E-state index contributed by atoms with van der Waals surface area (Å²) in [6.45, 7) is 4.75. The van der Waals surface area contributed by atoms with Crippen molar-refractivity contribution in [3.63, 3.8) is 0 Å². The second kappa shape index (κ2) is 5.54. The average molecular weight is 257 g/mol. The lowest BCUT2D eigenvalue weighted by molar-refractivity contribution is 0.479. The first-order valence-electron chi connectivity index (χ1n) is 6.55.